The Morgan fingerprint density at radius 3 is 2.68 bits per heavy atom. The summed E-state index contributed by atoms with van der Waals surface area (Å²) in [5.74, 6) is 1.49. The van der Waals surface area contributed by atoms with E-state index in [9.17, 15) is 9.65 Å². The maximum atomic E-state index is 13.3. The van der Waals surface area contributed by atoms with Gasteiger partial charge in [-0.3, -0.25) is 0 Å². The predicted molar refractivity (Wildman–Crippen MR) is 104 cm³/mol. The van der Waals surface area contributed by atoms with Crippen molar-refractivity contribution in [3.05, 3.63) is 71.2 Å². The van der Waals surface area contributed by atoms with Gasteiger partial charge in [-0.05, 0) is 29.8 Å². The summed E-state index contributed by atoms with van der Waals surface area (Å²) in [6.45, 7) is 0.0519. The van der Waals surface area contributed by atoms with E-state index in [-0.39, 0.29) is 23.8 Å². The van der Waals surface area contributed by atoms with Gasteiger partial charge in [-0.2, -0.15) is 5.26 Å². The quantitative estimate of drug-likeness (QED) is 0.477. The zero-order chi connectivity index (χ0) is 19.9. The van der Waals surface area contributed by atoms with Crippen LogP contribution in [-0.4, -0.2) is 17.1 Å². The third kappa shape index (κ3) is 4.90. The average molecular weight is 396 g/mol. The molecule has 6 nitrogen and oxygen atoms in total. The summed E-state index contributed by atoms with van der Waals surface area (Å²) in [7, 11) is 1.57. The van der Waals surface area contributed by atoms with Gasteiger partial charge in [0.1, 0.15) is 47.1 Å². The number of nitrogen functional groups attached to an aromatic ring is 1. The summed E-state index contributed by atoms with van der Waals surface area (Å²) in [6.07, 6.45) is 0. The lowest BCUT2D eigenvalue weighted by atomic mass is 10.2. The molecular formula is C20H17FN4O2S. The van der Waals surface area contributed by atoms with E-state index >= 15 is 0 Å². The maximum absolute atomic E-state index is 13.3. The molecule has 1 aromatic heterocycles. The number of nitriles is 1. The third-order valence-electron chi connectivity index (χ3n) is 3.78. The van der Waals surface area contributed by atoms with E-state index in [0.717, 1.165) is 5.56 Å². The van der Waals surface area contributed by atoms with Gasteiger partial charge in [0.2, 0.25) is 0 Å². The number of hydrogen-bond donors (Lipinski definition) is 1. The Balaban J connectivity index is 1.76. The van der Waals surface area contributed by atoms with Gasteiger partial charge in [-0.1, -0.05) is 30.0 Å². The van der Waals surface area contributed by atoms with Crippen LogP contribution in [0.3, 0.4) is 0 Å². The number of hydrogen-bond acceptors (Lipinski definition) is 7. The number of aromatic nitrogens is 2. The number of benzene rings is 2. The van der Waals surface area contributed by atoms with Crippen molar-refractivity contribution >= 4 is 17.6 Å². The SMILES string of the molecule is COc1cccc(OCc2nc(SCc3cccc(F)c3)nc(N)c2C#N)c1. The number of thioether (sulfide) groups is 1. The second-order valence-corrected chi connectivity index (χ2v) is 6.65. The fourth-order valence-corrected chi connectivity index (χ4v) is 3.22. The smallest absolute Gasteiger partial charge is 0.190 e. The molecule has 0 aliphatic heterocycles. The highest BCUT2D eigenvalue weighted by Gasteiger charge is 2.14. The molecule has 0 amide bonds. The molecule has 0 unspecified atom stereocenters. The molecule has 0 aliphatic rings. The van der Waals surface area contributed by atoms with Crippen molar-refractivity contribution in [2.45, 2.75) is 17.5 Å². The van der Waals surface area contributed by atoms with Gasteiger partial charge in [0.05, 0.1) is 7.11 Å². The van der Waals surface area contributed by atoms with Gasteiger partial charge < -0.3 is 15.2 Å². The van der Waals surface area contributed by atoms with E-state index in [4.69, 9.17) is 15.2 Å². The Hall–Kier alpha value is -3.31. The van der Waals surface area contributed by atoms with Gasteiger partial charge in [-0.15, -0.1) is 0 Å². The number of rotatable bonds is 7. The molecule has 0 saturated carbocycles. The van der Waals surface area contributed by atoms with Gasteiger partial charge >= 0.3 is 0 Å². The Kier molecular flexibility index (Phi) is 6.29. The monoisotopic (exact) mass is 396 g/mol. The van der Waals surface area contributed by atoms with Crippen molar-refractivity contribution in [1.82, 2.24) is 9.97 Å². The Bertz CT molecular complexity index is 1020. The first-order valence-electron chi connectivity index (χ1n) is 8.29. The standard InChI is InChI=1S/C20H17FN4O2S/c1-26-15-6-3-7-16(9-15)27-11-18-17(10-22)19(23)25-20(24-18)28-12-13-4-2-5-14(21)8-13/h2-9H,11-12H2,1H3,(H2,23,24,25). The molecule has 1 heterocycles. The lowest BCUT2D eigenvalue weighted by Crippen LogP contribution is -2.08. The van der Waals surface area contributed by atoms with Crippen LogP contribution in [0.15, 0.2) is 53.7 Å². The molecule has 28 heavy (non-hydrogen) atoms. The minimum Gasteiger partial charge on any atom is -0.497 e. The summed E-state index contributed by atoms with van der Waals surface area (Å²) in [6, 6.07) is 15.4. The maximum Gasteiger partial charge on any atom is 0.190 e. The van der Waals surface area contributed by atoms with Crippen molar-refractivity contribution in [3.63, 3.8) is 0 Å². The predicted octanol–water partition coefficient (Wildman–Crippen LogP) is 3.95. The fraction of sp³-hybridized carbons (Fsp3) is 0.150. The lowest BCUT2D eigenvalue weighted by molar-refractivity contribution is 0.297. The second kappa shape index (κ2) is 9.06. The first-order chi connectivity index (χ1) is 13.6. The molecule has 0 bridgehead atoms. The van der Waals surface area contributed by atoms with Crippen LogP contribution in [0.1, 0.15) is 16.8 Å². The molecule has 0 fully saturated rings. The number of nitrogens with two attached hydrogens (primary N) is 1. The van der Waals surface area contributed by atoms with E-state index in [1.165, 1.54) is 23.9 Å². The molecule has 0 aliphatic carbocycles. The molecule has 0 atom stereocenters. The van der Waals surface area contributed by atoms with Crippen molar-refractivity contribution < 1.29 is 13.9 Å². The van der Waals surface area contributed by atoms with Crippen LogP contribution in [0.4, 0.5) is 10.2 Å². The van der Waals surface area contributed by atoms with Gasteiger partial charge in [0.25, 0.3) is 0 Å². The average Bonchev–Trinajstić information content (AvgIpc) is 2.70. The zero-order valence-corrected chi connectivity index (χ0v) is 15.9. The van der Waals surface area contributed by atoms with Crippen LogP contribution in [0, 0.1) is 17.1 Å². The van der Waals surface area contributed by atoms with Gasteiger partial charge in [0, 0.05) is 11.8 Å². The second-order valence-electron chi connectivity index (χ2n) is 5.71. The molecular weight excluding hydrogens is 379 g/mol. The highest BCUT2D eigenvalue weighted by molar-refractivity contribution is 7.98. The van der Waals surface area contributed by atoms with Gasteiger partial charge in [0.15, 0.2) is 5.16 Å². The molecule has 8 heteroatoms. The first kappa shape index (κ1) is 19.5. The lowest BCUT2D eigenvalue weighted by Gasteiger charge is -2.11. The Labute approximate surface area is 166 Å². The van der Waals surface area contributed by atoms with Gasteiger partial charge in [-0.25, -0.2) is 14.4 Å². The molecule has 3 aromatic rings. The summed E-state index contributed by atoms with van der Waals surface area (Å²) in [5, 5.41) is 9.77. The van der Waals surface area contributed by atoms with Crippen molar-refractivity contribution in [1.29, 1.82) is 5.26 Å². The third-order valence-corrected chi connectivity index (χ3v) is 4.70. The summed E-state index contributed by atoms with van der Waals surface area (Å²) >= 11 is 1.30. The molecule has 0 radical (unpaired) electrons. The number of methoxy groups -OCH3 is 1. The summed E-state index contributed by atoms with van der Waals surface area (Å²) in [4.78, 5) is 8.56. The normalized spacial score (nSPS) is 10.3. The van der Waals surface area contributed by atoms with Crippen LogP contribution >= 0.6 is 11.8 Å². The summed E-state index contributed by atoms with van der Waals surface area (Å²) < 4.78 is 24.2. The van der Waals surface area contributed by atoms with E-state index in [0.29, 0.717) is 28.1 Å². The fourth-order valence-electron chi connectivity index (χ4n) is 2.41. The zero-order valence-electron chi connectivity index (χ0n) is 15.1. The molecule has 3 rings (SSSR count). The topological polar surface area (TPSA) is 94.1 Å². The van der Waals surface area contributed by atoms with Crippen molar-refractivity contribution in [2.75, 3.05) is 12.8 Å². The largest absolute Gasteiger partial charge is 0.497 e. The Morgan fingerprint density at radius 2 is 1.93 bits per heavy atom. The van der Waals surface area contributed by atoms with Crippen molar-refractivity contribution in [2.24, 2.45) is 0 Å². The number of ether oxygens (including phenoxy) is 2. The van der Waals surface area contributed by atoms with Crippen LogP contribution < -0.4 is 15.2 Å². The van der Waals surface area contributed by atoms with E-state index in [1.807, 2.05) is 12.1 Å². The highest BCUT2D eigenvalue weighted by atomic mass is 32.2. The highest BCUT2D eigenvalue weighted by Crippen LogP contribution is 2.25. The van der Waals surface area contributed by atoms with E-state index in [1.54, 1.807) is 37.4 Å². The Morgan fingerprint density at radius 1 is 1.14 bits per heavy atom. The van der Waals surface area contributed by atoms with Crippen molar-refractivity contribution in [3.8, 4) is 17.6 Å². The number of halogens is 1. The van der Waals surface area contributed by atoms with E-state index in [2.05, 4.69) is 9.97 Å². The molecule has 0 spiro atoms. The van der Waals surface area contributed by atoms with Crippen LogP contribution in [0.5, 0.6) is 11.5 Å². The minimum atomic E-state index is -0.300. The first-order valence-corrected chi connectivity index (χ1v) is 9.28. The number of nitrogens with zero attached hydrogens (tertiary/aromatic N) is 3. The molecule has 142 valence electrons. The van der Waals surface area contributed by atoms with Crippen LogP contribution in [0.25, 0.3) is 0 Å². The van der Waals surface area contributed by atoms with Crippen LogP contribution in [-0.2, 0) is 12.4 Å². The molecule has 2 N–H and O–H groups in total. The molecule has 2 aromatic carbocycles. The van der Waals surface area contributed by atoms with E-state index < -0.39 is 0 Å². The summed E-state index contributed by atoms with van der Waals surface area (Å²) in [5.41, 5.74) is 7.28. The number of anilines is 1. The minimum absolute atomic E-state index is 0.0519. The van der Waals surface area contributed by atoms with Crippen LogP contribution in [0.2, 0.25) is 0 Å². The molecule has 0 saturated heterocycles.